The third kappa shape index (κ3) is 4.16. The monoisotopic (exact) mass is 396 g/mol. The molecule has 0 unspecified atom stereocenters. The summed E-state index contributed by atoms with van der Waals surface area (Å²) in [5, 5.41) is 3.66. The standard InChI is InChI=1S/C17H24N4O3S2/c1-19(2)26(23,24)15-5-3-4-14(12-15)18-17(25)21-10-8-20(9-11-21)16(22)13-6-7-13/h3-5,12-13H,6-11H2,1-2H3,(H,18,25). The molecular weight excluding hydrogens is 372 g/mol. The van der Waals surface area contributed by atoms with Crippen LogP contribution in [0.4, 0.5) is 5.69 Å². The molecule has 1 amide bonds. The van der Waals surface area contributed by atoms with Crippen LogP contribution in [0.25, 0.3) is 0 Å². The fraction of sp³-hybridized carbons (Fsp3) is 0.529. The van der Waals surface area contributed by atoms with E-state index in [4.69, 9.17) is 12.2 Å². The van der Waals surface area contributed by atoms with E-state index in [0.717, 1.165) is 12.8 Å². The minimum Gasteiger partial charge on any atom is -0.345 e. The van der Waals surface area contributed by atoms with Crippen LogP contribution in [0, 0.1) is 5.92 Å². The first-order valence-electron chi connectivity index (χ1n) is 8.66. The number of amides is 1. The molecule has 1 N–H and O–H groups in total. The summed E-state index contributed by atoms with van der Waals surface area (Å²) in [4.78, 5) is 16.3. The first kappa shape index (κ1) is 19.1. The zero-order valence-electron chi connectivity index (χ0n) is 15.0. The number of nitrogens with one attached hydrogen (secondary N) is 1. The van der Waals surface area contributed by atoms with Gasteiger partial charge in [-0.2, -0.15) is 0 Å². The number of piperazine rings is 1. The van der Waals surface area contributed by atoms with Gasteiger partial charge in [0.05, 0.1) is 4.90 Å². The number of anilines is 1. The van der Waals surface area contributed by atoms with Crippen LogP contribution in [0.1, 0.15) is 12.8 Å². The van der Waals surface area contributed by atoms with Crippen molar-refractivity contribution < 1.29 is 13.2 Å². The van der Waals surface area contributed by atoms with Crippen molar-refractivity contribution in [1.29, 1.82) is 0 Å². The highest BCUT2D eigenvalue weighted by Gasteiger charge is 2.34. The van der Waals surface area contributed by atoms with Gasteiger partial charge < -0.3 is 15.1 Å². The molecule has 1 aromatic rings. The number of hydrogen-bond donors (Lipinski definition) is 1. The van der Waals surface area contributed by atoms with Gasteiger partial charge in [0.2, 0.25) is 15.9 Å². The summed E-state index contributed by atoms with van der Waals surface area (Å²) in [5.41, 5.74) is 0.634. The average molecular weight is 397 g/mol. The lowest BCUT2D eigenvalue weighted by Gasteiger charge is -2.36. The highest BCUT2D eigenvalue weighted by atomic mass is 32.2. The smallest absolute Gasteiger partial charge is 0.242 e. The quantitative estimate of drug-likeness (QED) is 0.771. The lowest BCUT2D eigenvalue weighted by atomic mass is 10.2. The van der Waals surface area contributed by atoms with Crippen LogP contribution < -0.4 is 5.32 Å². The number of carbonyl (C=O) groups is 1. The molecule has 1 aliphatic carbocycles. The second-order valence-electron chi connectivity index (χ2n) is 6.83. The molecule has 142 valence electrons. The Bertz CT molecular complexity index is 798. The summed E-state index contributed by atoms with van der Waals surface area (Å²) in [5.74, 6) is 0.512. The summed E-state index contributed by atoms with van der Waals surface area (Å²) in [7, 11) is -0.482. The van der Waals surface area contributed by atoms with Crippen LogP contribution in [-0.2, 0) is 14.8 Å². The maximum Gasteiger partial charge on any atom is 0.242 e. The van der Waals surface area contributed by atoms with Crippen molar-refractivity contribution in [2.24, 2.45) is 5.92 Å². The second-order valence-corrected chi connectivity index (χ2v) is 9.37. The van der Waals surface area contributed by atoms with Crippen LogP contribution in [0.15, 0.2) is 29.2 Å². The highest BCUT2D eigenvalue weighted by molar-refractivity contribution is 7.89. The number of sulfonamides is 1. The molecule has 1 aliphatic heterocycles. The zero-order chi connectivity index (χ0) is 18.9. The molecule has 26 heavy (non-hydrogen) atoms. The van der Waals surface area contributed by atoms with Crippen LogP contribution in [-0.4, -0.2) is 73.8 Å². The van der Waals surface area contributed by atoms with Gasteiger partial charge in [-0.1, -0.05) is 6.07 Å². The van der Waals surface area contributed by atoms with E-state index in [-0.39, 0.29) is 16.7 Å². The molecule has 9 heteroatoms. The number of thiocarbonyl (C=S) groups is 1. The Hall–Kier alpha value is -1.71. The number of nitrogens with zero attached hydrogens (tertiary/aromatic N) is 3. The van der Waals surface area contributed by atoms with Gasteiger partial charge in [0.25, 0.3) is 0 Å². The van der Waals surface area contributed by atoms with Gasteiger partial charge in [0.1, 0.15) is 0 Å². The fourth-order valence-electron chi connectivity index (χ4n) is 2.87. The number of hydrogen-bond acceptors (Lipinski definition) is 4. The van der Waals surface area contributed by atoms with E-state index < -0.39 is 10.0 Å². The summed E-state index contributed by atoms with van der Waals surface area (Å²) in [6.45, 7) is 2.71. The molecule has 0 bridgehead atoms. The molecule has 2 fully saturated rings. The Morgan fingerprint density at radius 3 is 2.35 bits per heavy atom. The molecule has 0 radical (unpaired) electrons. The number of benzene rings is 1. The largest absolute Gasteiger partial charge is 0.345 e. The van der Waals surface area contributed by atoms with E-state index in [0.29, 0.717) is 37.0 Å². The Balaban J connectivity index is 1.59. The first-order valence-corrected chi connectivity index (χ1v) is 10.5. The van der Waals surface area contributed by atoms with Gasteiger partial charge in [-0.05, 0) is 43.3 Å². The molecule has 1 aromatic carbocycles. The predicted octanol–water partition coefficient (Wildman–Crippen LogP) is 1.19. The summed E-state index contributed by atoms with van der Waals surface area (Å²) < 4.78 is 25.7. The van der Waals surface area contributed by atoms with E-state index in [1.807, 2.05) is 9.80 Å². The van der Waals surface area contributed by atoms with Gasteiger partial charge in [-0.15, -0.1) is 0 Å². The van der Waals surface area contributed by atoms with E-state index in [1.54, 1.807) is 24.3 Å². The molecule has 1 saturated carbocycles. The Morgan fingerprint density at radius 2 is 1.77 bits per heavy atom. The third-order valence-corrected chi connectivity index (χ3v) is 6.84. The lowest BCUT2D eigenvalue weighted by molar-refractivity contribution is -0.133. The molecule has 1 saturated heterocycles. The predicted molar refractivity (Wildman–Crippen MR) is 104 cm³/mol. The molecule has 0 atom stereocenters. The molecule has 2 aliphatic rings. The fourth-order valence-corrected chi connectivity index (χ4v) is 4.11. The molecular formula is C17H24N4O3S2. The van der Waals surface area contributed by atoms with Crippen molar-refractivity contribution >= 4 is 38.9 Å². The van der Waals surface area contributed by atoms with Crippen molar-refractivity contribution in [2.45, 2.75) is 17.7 Å². The molecule has 0 spiro atoms. The average Bonchev–Trinajstić information content (AvgIpc) is 3.46. The topological polar surface area (TPSA) is 73.0 Å². The van der Waals surface area contributed by atoms with Crippen molar-refractivity contribution in [3.05, 3.63) is 24.3 Å². The van der Waals surface area contributed by atoms with E-state index in [9.17, 15) is 13.2 Å². The Morgan fingerprint density at radius 1 is 1.15 bits per heavy atom. The SMILES string of the molecule is CN(C)S(=O)(=O)c1cccc(NC(=S)N2CCN(C(=O)C3CC3)CC2)c1. The van der Waals surface area contributed by atoms with Crippen LogP contribution in [0.2, 0.25) is 0 Å². The molecule has 7 nitrogen and oxygen atoms in total. The summed E-state index contributed by atoms with van der Waals surface area (Å²) in [6, 6.07) is 6.61. The van der Waals surface area contributed by atoms with Crippen molar-refractivity contribution in [1.82, 2.24) is 14.1 Å². The van der Waals surface area contributed by atoms with Crippen molar-refractivity contribution in [3.8, 4) is 0 Å². The van der Waals surface area contributed by atoms with Crippen LogP contribution >= 0.6 is 12.2 Å². The Kier molecular flexibility index (Phi) is 5.50. The van der Waals surface area contributed by atoms with Gasteiger partial charge in [-0.25, -0.2) is 12.7 Å². The second kappa shape index (κ2) is 7.50. The van der Waals surface area contributed by atoms with Gasteiger partial charge in [0, 0.05) is 51.9 Å². The Labute approximate surface area is 160 Å². The lowest BCUT2D eigenvalue weighted by Crippen LogP contribution is -2.52. The van der Waals surface area contributed by atoms with E-state index in [2.05, 4.69) is 5.32 Å². The molecule has 0 aromatic heterocycles. The third-order valence-electron chi connectivity index (χ3n) is 4.67. The summed E-state index contributed by atoms with van der Waals surface area (Å²) in [6.07, 6.45) is 2.04. The maximum absolute atomic E-state index is 12.2. The minimum absolute atomic E-state index is 0.218. The summed E-state index contributed by atoms with van der Waals surface area (Å²) >= 11 is 5.46. The van der Waals surface area contributed by atoms with Crippen molar-refractivity contribution in [2.75, 3.05) is 45.6 Å². The molecule has 3 rings (SSSR count). The first-order chi connectivity index (χ1) is 12.3. The molecule has 1 heterocycles. The van der Waals surface area contributed by atoms with Crippen molar-refractivity contribution in [3.63, 3.8) is 0 Å². The van der Waals surface area contributed by atoms with Crippen LogP contribution in [0.5, 0.6) is 0 Å². The van der Waals surface area contributed by atoms with Gasteiger partial charge in [-0.3, -0.25) is 4.79 Å². The zero-order valence-corrected chi connectivity index (χ0v) is 16.6. The maximum atomic E-state index is 12.2. The normalized spacial score (nSPS) is 18.1. The van der Waals surface area contributed by atoms with Gasteiger partial charge >= 0.3 is 0 Å². The number of rotatable bonds is 4. The van der Waals surface area contributed by atoms with E-state index in [1.165, 1.54) is 18.4 Å². The highest BCUT2D eigenvalue weighted by Crippen LogP contribution is 2.31. The number of carbonyl (C=O) groups excluding carboxylic acids is 1. The minimum atomic E-state index is -3.49. The van der Waals surface area contributed by atoms with E-state index >= 15 is 0 Å². The van der Waals surface area contributed by atoms with Crippen LogP contribution in [0.3, 0.4) is 0 Å². The van der Waals surface area contributed by atoms with Gasteiger partial charge in [0.15, 0.2) is 5.11 Å².